The van der Waals surface area contributed by atoms with Crippen molar-refractivity contribution >= 4 is 21.6 Å². The van der Waals surface area contributed by atoms with Gasteiger partial charge in [-0.3, -0.25) is 9.10 Å². The van der Waals surface area contributed by atoms with Crippen LogP contribution in [-0.2, 0) is 21.4 Å². The monoisotopic (exact) mass is 480 g/mol. The van der Waals surface area contributed by atoms with Crippen LogP contribution in [0.5, 0.6) is 5.75 Å². The van der Waals surface area contributed by atoms with Crippen LogP contribution in [0.2, 0.25) is 0 Å². The second-order valence-electron chi connectivity index (χ2n) is 8.70. The Labute approximate surface area is 202 Å². The second kappa shape index (κ2) is 11.7. The van der Waals surface area contributed by atoms with Crippen molar-refractivity contribution in [3.63, 3.8) is 0 Å². The molecular weight excluding hydrogens is 448 g/mol. The van der Waals surface area contributed by atoms with E-state index in [2.05, 4.69) is 19.2 Å². The molecule has 3 rings (SSSR count). The summed E-state index contributed by atoms with van der Waals surface area (Å²) >= 11 is 0. The number of hydrogen-bond donors (Lipinski definition) is 1. The zero-order chi connectivity index (χ0) is 24.6. The average Bonchev–Trinajstić information content (AvgIpc) is 2.81. The van der Waals surface area contributed by atoms with Crippen LogP contribution in [0.3, 0.4) is 0 Å². The van der Waals surface area contributed by atoms with Crippen LogP contribution in [0.1, 0.15) is 37.4 Å². The van der Waals surface area contributed by atoms with E-state index in [9.17, 15) is 13.2 Å². The summed E-state index contributed by atoms with van der Waals surface area (Å²) in [7, 11) is -3.67. The molecule has 0 unspecified atom stereocenters. The van der Waals surface area contributed by atoms with E-state index in [0.29, 0.717) is 24.0 Å². The average molecular weight is 481 g/mol. The molecule has 0 aliphatic heterocycles. The molecule has 0 aliphatic rings. The molecule has 0 spiro atoms. The fraction of sp³-hybridized carbons (Fsp3) is 0.296. The number of hydrogen-bond acceptors (Lipinski definition) is 4. The van der Waals surface area contributed by atoms with Crippen LogP contribution in [0.15, 0.2) is 84.9 Å². The van der Waals surface area contributed by atoms with Crippen molar-refractivity contribution in [3.05, 3.63) is 96.1 Å². The number of carbonyl (C=O) groups excluding carboxylic acids is 1. The van der Waals surface area contributed by atoms with E-state index in [1.165, 1.54) is 0 Å². The number of carbonyl (C=O) groups is 1. The lowest BCUT2D eigenvalue weighted by molar-refractivity contribution is -0.120. The van der Waals surface area contributed by atoms with Gasteiger partial charge in [0, 0.05) is 0 Å². The van der Waals surface area contributed by atoms with Crippen LogP contribution in [0.4, 0.5) is 5.69 Å². The van der Waals surface area contributed by atoms with Crippen molar-refractivity contribution in [1.82, 2.24) is 5.32 Å². The number of rotatable bonds is 11. The van der Waals surface area contributed by atoms with E-state index in [1.54, 1.807) is 24.3 Å². The molecule has 0 bridgehead atoms. The first-order chi connectivity index (χ1) is 16.2. The third-order valence-electron chi connectivity index (χ3n) is 5.30. The van der Waals surface area contributed by atoms with Crippen LogP contribution >= 0.6 is 0 Å². The first-order valence-electron chi connectivity index (χ1n) is 11.3. The minimum absolute atomic E-state index is 0.191. The molecule has 0 aliphatic carbocycles. The van der Waals surface area contributed by atoms with Crippen molar-refractivity contribution in [2.24, 2.45) is 5.92 Å². The molecular formula is C27H32N2O4S. The van der Waals surface area contributed by atoms with Gasteiger partial charge in [0.05, 0.1) is 18.0 Å². The number of sulfonamides is 1. The highest BCUT2D eigenvalue weighted by Gasteiger charge is 2.23. The highest BCUT2D eigenvalue weighted by atomic mass is 32.2. The van der Waals surface area contributed by atoms with Gasteiger partial charge in [0.25, 0.3) is 0 Å². The third-order valence-corrected chi connectivity index (χ3v) is 6.45. The van der Waals surface area contributed by atoms with E-state index < -0.39 is 10.0 Å². The molecule has 34 heavy (non-hydrogen) atoms. The van der Waals surface area contributed by atoms with Crippen molar-refractivity contribution in [1.29, 1.82) is 0 Å². The molecule has 1 N–H and O–H groups in total. The number of nitrogens with zero attached hydrogens (tertiary/aromatic N) is 1. The Bertz CT molecular complexity index is 1150. The molecule has 0 saturated carbocycles. The van der Waals surface area contributed by atoms with Gasteiger partial charge < -0.3 is 10.1 Å². The molecule has 7 heteroatoms. The Morgan fingerprint density at radius 1 is 0.912 bits per heavy atom. The van der Waals surface area contributed by atoms with Gasteiger partial charge in [0.2, 0.25) is 15.9 Å². The fourth-order valence-electron chi connectivity index (χ4n) is 3.66. The number of amides is 1. The van der Waals surface area contributed by atoms with Crippen molar-refractivity contribution in [3.8, 4) is 5.75 Å². The van der Waals surface area contributed by atoms with Gasteiger partial charge in [-0.15, -0.1) is 0 Å². The summed E-state index contributed by atoms with van der Waals surface area (Å²) in [4.78, 5) is 12.9. The molecule has 6 nitrogen and oxygen atoms in total. The number of benzene rings is 3. The van der Waals surface area contributed by atoms with Crippen LogP contribution < -0.4 is 14.4 Å². The molecule has 1 atom stereocenters. The molecule has 3 aromatic carbocycles. The van der Waals surface area contributed by atoms with E-state index in [4.69, 9.17) is 4.74 Å². The SMILES string of the molecule is CC(C)C[C@@H](NC(=O)CN(c1ccc(OCc2ccccc2)cc1)S(C)(=O)=O)c1ccccc1. The third kappa shape index (κ3) is 7.63. The molecule has 0 radical (unpaired) electrons. The summed E-state index contributed by atoms with van der Waals surface area (Å²) in [6.45, 7) is 4.29. The molecule has 0 aromatic heterocycles. The van der Waals surface area contributed by atoms with Crippen molar-refractivity contribution in [2.75, 3.05) is 17.1 Å². The number of anilines is 1. The molecule has 0 heterocycles. The highest BCUT2D eigenvalue weighted by Crippen LogP contribution is 2.24. The lowest BCUT2D eigenvalue weighted by atomic mass is 9.97. The lowest BCUT2D eigenvalue weighted by Gasteiger charge is -2.25. The first kappa shape index (κ1) is 25.3. The second-order valence-corrected chi connectivity index (χ2v) is 10.6. The largest absolute Gasteiger partial charge is 0.489 e. The maximum atomic E-state index is 12.9. The van der Waals surface area contributed by atoms with Gasteiger partial charge in [-0.05, 0) is 47.7 Å². The minimum Gasteiger partial charge on any atom is -0.489 e. The Morgan fingerprint density at radius 2 is 1.50 bits per heavy atom. The summed E-state index contributed by atoms with van der Waals surface area (Å²) in [6.07, 6.45) is 1.85. The standard InChI is InChI=1S/C27H32N2O4S/c1-21(2)18-26(23-12-8-5-9-13-23)28-27(30)19-29(34(3,31)32)24-14-16-25(17-15-24)33-20-22-10-6-4-7-11-22/h4-17,21,26H,18-20H2,1-3H3,(H,28,30)/t26-/m1/s1. The Balaban J connectivity index is 1.70. The van der Waals surface area contributed by atoms with Gasteiger partial charge in [0.1, 0.15) is 18.9 Å². The molecule has 0 saturated heterocycles. The molecule has 0 fully saturated rings. The summed E-state index contributed by atoms with van der Waals surface area (Å²) in [6, 6.07) is 26.0. The van der Waals surface area contributed by atoms with Gasteiger partial charge in [0.15, 0.2) is 0 Å². The maximum absolute atomic E-state index is 12.9. The summed E-state index contributed by atoms with van der Waals surface area (Å²) in [5.41, 5.74) is 2.44. The molecule has 180 valence electrons. The minimum atomic E-state index is -3.67. The van der Waals surface area contributed by atoms with Crippen molar-refractivity contribution < 1.29 is 17.9 Å². The highest BCUT2D eigenvalue weighted by molar-refractivity contribution is 7.92. The summed E-state index contributed by atoms with van der Waals surface area (Å²) < 4.78 is 31.9. The van der Waals surface area contributed by atoms with Gasteiger partial charge >= 0.3 is 0 Å². The smallest absolute Gasteiger partial charge is 0.241 e. The van der Waals surface area contributed by atoms with Gasteiger partial charge in [-0.2, -0.15) is 0 Å². The number of nitrogens with one attached hydrogen (secondary N) is 1. The summed E-state index contributed by atoms with van der Waals surface area (Å²) in [5.74, 6) is 0.621. The summed E-state index contributed by atoms with van der Waals surface area (Å²) in [5, 5.41) is 3.02. The van der Waals surface area contributed by atoms with E-state index in [-0.39, 0.29) is 18.5 Å². The van der Waals surface area contributed by atoms with Crippen LogP contribution in [0, 0.1) is 5.92 Å². The maximum Gasteiger partial charge on any atom is 0.241 e. The molecule has 3 aromatic rings. The fourth-order valence-corrected chi connectivity index (χ4v) is 4.51. The Morgan fingerprint density at radius 3 is 2.06 bits per heavy atom. The normalized spacial score (nSPS) is 12.2. The van der Waals surface area contributed by atoms with E-state index in [1.807, 2.05) is 60.7 Å². The topological polar surface area (TPSA) is 75.7 Å². The predicted molar refractivity (Wildman–Crippen MR) is 136 cm³/mol. The molecule has 1 amide bonds. The van der Waals surface area contributed by atoms with Crippen LogP contribution in [-0.4, -0.2) is 27.1 Å². The Hall–Kier alpha value is -3.32. The van der Waals surface area contributed by atoms with E-state index in [0.717, 1.165) is 28.1 Å². The first-order valence-corrected chi connectivity index (χ1v) is 13.2. The van der Waals surface area contributed by atoms with Gasteiger partial charge in [-0.25, -0.2) is 8.42 Å². The zero-order valence-corrected chi connectivity index (χ0v) is 20.7. The quantitative estimate of drug-likeness (QED) is 0.422. The van der Waals surface area contributed by atoms with Crippen molar-refractivity contribution in [2.45, 2.75) is 32.9 Å². The van der Waals surface area contributed by atoms with E-state index >= 15 is 0 Å². The zero-order valence-electron chi connectivity index (χ0n) is 19.8. The Kier molecular flexibility index (Phi) is 8.71. The van der Waals surface area contributed by atoms with Gasteiger partial charge in [-0.1, -0.05) is 74.5 Å². The lowest BCUT2D eigenvalue weighted by Crippen LogP contribution is -2.41. The van der Waals surface area contributed by atoms with Crippen LogP contribution in [0.25, 0.3) is 0 Å². The predicted octanol–water partition coefficient (Wildman–Crippen LogP) is 4.94. The number of ether oxygens (including phenoxy) is 1.